The summed E-state index contributed by atoms with van der Waals surface area (Å²) in [5.41, 5.74) is 1.24. The Kier molecular flexibility index (Phi) is 4.50. The molecule has 0 spiro atoms. The Balaban J connectivity index is 1.83. The number of hydrogen-bond donors (Lipinski definition) is 1. The molecule has 1 saturated carbocycles. The highest BCUT2D eigenvalue weighted by molar-refractivity contribution is 8.14. The van der Waals surface area contributed by atoms with Crippen molar-refractivity contribution in [3.05, 3.63) is 50.5 Å². The smallest absolute Gasteiger partial charge is 0.268 e. The van der Waals surface area contributed by atoms with Crippen LogP contribution >= 0.6 is 23.4 Å². The number of rotatable bonds is 2. The molecule has 0 bridgehead atoms. The fourth-order valence-electron chi connectivity index (χ4n) is 3.75. The van der Waals surface area contributed by atoms with Crippen molar-refractivity contribution >= 4 is 34.2 Å². The Hall–Kier alpha value is -1.53. The van der Waals surface area contributed by atoms with Crippen LogP contribution in [0.15, 0.2) is 28.0 Å². The van der Waals surface area contributed by atoms with Gasteiger partial charge in [0.2, 0.25) is 0 Å². The van der Waals surface area contributed by atoms with Crippen molar-refractivity contribution in [2.45, 2.75) is 50.3 Å². The van der Waals surface area contributed by atoms with Crippen LogP contribution in [0.25, 0.3) is 0 Å². The number of halogens is 2. The van der Waals surface area contributed by atoms with E-state index in [0.717, 1.165) is 23.4 Å². The first kappa shape index (κ1) is 16.9. The molecule has 4 nitrogen and oxygen atoms in total. The third-order valence-corrected chi connectivity index (χ3v) is 6.42. The molecule has 1 N–H and O–H groups in total. The molecule has 1 fully saturated rings. The molecule has 0 saturated heterocycles. The Bertz CT molecular complexity index is 898. The van der Waals surface area contributed by atoms with Gasteiger partial charge in [0, 0.05) is 5.02 Å². The second-order valence-corrected chi connectivity index (χ2v) is 8.34. The second kappa shape index (κ2) is 6.65. The van der Waals surface area contributed by atoms with Gasteiger partial charge in [-0.3, -0.25) is 14.6 Å². The molecular weight excluding hydrogens is 361 g/mol. The van der Waals surface area contributed by atoms with E-state index in [1.165, 1.54) is 43.2 Å². The SMILES string of the molecule is CC1=Nc2c(c(=O)[nH]n2C2CCCCC2)[C@H](c2ccc(F)cc2Cl)S1. The zero-order valence-corrected chi connectivity index (χ0v) is 15.5. The van der Waals surface area contributed by atoms with Crippen LogP contribution in [0.2, 0.25) is 5.02 Å². The van der Waals surface area contributed by atoms with Crippen molar-refractivity contribution in [1.29, 1.82) is 0 Å². The van der Waals surface area contributed by atoms with Gasteiger partial charge in [-0.1, -0.05) is 48.7 Å². The van der Waals surface area contributed by atoms with Gasteiger partial charge in [-0.15, -0.1) is 0 Å². The minimum absolute atomic E-state index is 0.130. The van der Waals surface area contributed by atoms with E-state index in [-0.39, 0.29) is 22.7 Å². The lowest BCUT2D eigenvalue weighted by atomic mass is 9.95. The maximum Gasteiger partial charge on any atom is 0.271 e. The van der Waals surface area contributed by atoms with Crippen molar-refractivity contribution in [2.75, 3.05) is 0 Å². The third kappa shape index (κ3) is 3.06. The van der Waals surface area contributed by atoms with Crippen LogP contribution in [0.4, 0.5) is 10.2 Å². The van der Waals surface area contributed by atoms with Crippen LogP contribution in [0.5, 0.6) is 0 Å². The number of aromatic amines is 1. The fraction of sp³-hybridized carbons (Fsp3) is 0.444. The average molecular weight is 380 g/mol. The topological polar surface area (TPSA) is 50.1 Å². The largest absolute Gasteiger partial charge is 0.271 e. The van der Waals surface area contributed by atoms with E-state index in [0.29, 0.717) is 16.4 Å². The van der Waals surface area contributed by atoms with Crippen molar-refractivity contribution < 1.29 is 4.39 Å². The van der Waals surface area contributed by atoms with Crippen molar-refractivity contribution in [3.8, 4) is 0 Å². The zero-order chi connectivity index (χ0) is 17.6. The van der Waals surface area contributed by atoms with E-state index in [1.54, 1.807) is 6.07 Å². The highest BCUT2D eigenvalue weighted by Crippen LogP contribution is 2.46. The molecule has 0 amide bonds. The van der Waals surface area contributed by atoms with Gasteiger partial charge in [0.15, 0.2) is 5.82 Å². The standard InChI is InChI=1S/C18H19ClFN3OS/c1-10-21-17-15(16(25-10)13-8-7-11(20)9-14(13)19)18(24)22-23(17)12-5-3-2-4-6-12/h7-9,12,16H,2-6H2,1H3,(H,22,24)/t16-/m0/s1. The summed E-state index contributed by atoms with van der Waals surface area (Å²) in [6.45, 7) is 1.93. The van der Waals surface area contributed by atoms with Gasteiger partial charge in [0.1, 0.15) is 5.82 Å². The average Bonchev–Trinajstić information content (AvgIpc) is 2.92. The fourth-order valence-corrected chi connectivity index (χ4v) is 5.23. The van der Waals surface area contributed by atoms with Crippen LogP contribution < -0.4 is 5.56 Å². The van der Waals surface area contributed by atoms with E-state index in [2.05, 4.69) is 10.1 Å². The number of nitrogens with one attached hydrogen (secondary N) is 1. The number of nitrogens with zero attached hydrogens (tertiary/aromatic N) is 2. The number of fused-ring (bicyclic) bond motifs is 1. The first-order valence-electron chi connectivity index (χ1n) is 8.56. The Morgan fingerprint density at radius 1 is 1.32 bits per heavy atom. The van der Waals surface area contributed by atoms with E-state index < -0.39 is 0 Å². The van der Waals surface area contributed by atoms with Gasteiger partial charge in [0.05, 0.1) is 21.9 Å². The molecule has 2 aliphatic rings. The number of thioether (sulfide) groups is 1. The summed E-state index contributed by atoms with van der Waals surface area (Å²) in [5.74, 6) is 0.326. The van der Waals surface area contributed by atoms with E-state index in [9.17, 15) is 9.18 Å². The highest BCUT2D eigenvalue weighted by Gasteiger charge is 2.33. The molecule has 25 heavy (non-hydrogen) atoms. The number of aromatic nitrogens is 2. The number of H-pyrrole nitrogens is 1. The molecular formula is C18H19ClFN3OS. The minimum atomic E-state index is -0.381. The molecule has 7 heteroatoms. The van der Waals surface area contributed by atoms with Gasteiger partial charge >= 0.3 is 0 Å². The zero-order valence-electron chi connectivity index (χ0n) is 13.9. The normalized spacial score (nSPS) is 21.1. The van der Waals surface area contributed by atoms with Crippen molar-refractivity contribution in [1.82, 2.24) is 9.78 Å². The lowest BCUT2D eigenvalue weighted by molar-refractivity contribution is 0.331. The summed E-state index contributed by atoms with van der Waals surface area (Å²) in [7, 11) is 0. The van der Waals surface area contributed by atoms with Crippen LogP contribution in [0, 0.1) is 5.82 Å². The number of benzene rings is 1. The van der Waals surface area contributed by atoms with Gasteiger partial charge in [-0.2, -0.15) is 0 Å². The Labute approximate surface area is 154 Å². The van der Waals surface area contributed by atoms with Gasteiger partial charge < -0.3 is 0 Å². The Morgan fingerprint density at radius 3 is 2.80 bits per heavy atom. The Morgan fingerprint density at radius 2 is 2.08 bits per heavy atom. The summed E-state index contributed by atoms with van der Waals surface area (Å²) in [6.07, 6.45) is 5.70. The molecule has 1 aromatic heterocycles. The van der Waals surface area contributed by atoms with Crippen LogP contribution in [-0.4, -0.2) is 14.8 Å². The summed E-state index contributed by atoms with van der Waals surface area (Å²) in [6, 6.07) is 4.63. The van der Waals surface area contributed by atoms with Crippen molar-refractivity contribution in [3.63, 3.8) is 0 Å². The summed E-state index contributed by atoms with van der Waals surface area (Å²) < 4.78 is 15.4. The van der Waals surface area contributed by atoms with Gasteiger partial charge in [-0.25, -0.2) is 9.38 Å². The number of aliphatic imine (C=N–C) groups is 1. The predicted molar refractivity (Wildman–Crippen MR) is 101 cm³/mol. The monoisotopic (exact) mass is 379 g/mol. The lowest BCUT2D eigenvalue weighted by Gasteiger charge is -2.26. The van der Waals surface area contributed by atoms with E-state index in [4.69, 9.17) is 11.6 Å². The predicted octanol–water partition coefficient (Wildman–Crippen LogP) is 5.36. The lowest BCUT2D eigenvalue weighted by Crippen LogP contribution is -2.16. The minimum Gasteiger partial charge on any atom is -0.268 e. The quantitative estimate of drug-likeness (QED) is 0.763. The number of hydrogen-bond acceptors (Lipinski definition) is 3. The third-order valence-electron chi connectivity index (χ3n) is 4.93. The van der Waals surface area contributed by atoms with Gasteiger partial charge in [0.25, 0.3) is 5.56 Å². The highest BCUT2D eigenvalue weighted by atomic mass is 35.5. The summed E-state index contributed by atoms with van der Waals surface area (Å²) >= 11 is 7.76. The van der Waals surface area contributed by atoms with E-state index in [1.807, 2.05) is 11.6 Å². The molecule has 1 aromatic carbocycles. The molecule has 0 radical (unpaired) electrons. The summed E-state index contributed by atoms with van der Waals surface area (Å²) in [4.78, 5) is 17.4. The first-order chi connectivity index (χ1) is 12.0. The molecule has 1 atom stereocenters. The van der Waals surface area contributed by atoms with Gasteiger partial charge in [-0.05, 0) is 37.5 Å². The van der Waals surface area contributed by atoms with Crippen LogP contribution in [-0.2, 0) is 0 Å². The molecule has 4 rings (SSSR count). The van der Waals surface area contributed by atoms with Crippen LogP contribution in [0.1, 0.15) is 61.4 Å². The molecule has 1 aliphatic carbocycles. The molecule has 2 heterocycles. The van der Waals surface area contributed by atoms with E-state index >= 15 is 0 Å². The first-order valence-corrected chi connectivity index (χ1v) is 9.81. The second-order valence-electron chi connectivity index (χ2n) is 6.63. The van der Waals surface area contributed by atoms with Crippen LogP contribution in [0.3, 0.4) is 0 Å². The molecule has 1 aliphatic heterocycles. The summed E-state index contributed by atoms with van der Waals surface area (Å²) in [5, 5.41) is 3.94. The molecule has 132 valence electrons. The maximum atomic E-state index is 13.4. The van der Waals surface area contributed by atoms with Crippen molar-refractivity contribution in [2.24, 2.45) is 4.99 Å². The molecule has 2 aromatic rings. The molecule has 0 unspecified atom stereocenters. The maximum absolute atomic E-state index is 13.4.